The van der Waals surface area contributed by atoms with Gasteiger partial charge in [-0.3, -0.25) is 9.69 Å². The van der Waals surface area contributed by atoms with E-state index in [-0.39, 0.29) is 11.9 Å². The normalized spacial score (nSPS) is 12.2. The first kappa shape index (κ1) is 19.9. The number of hydrogen-bond acceptors (Lipinski definition) is 3. The fraction of sp³-hybridized carbons (Fsp3) is 0.292. The lowest BCUT2D eigenvalue weighted by Crippen LogP contribution is -2.37. The van der Waals surface area contributed by atoms with E-state index in [0.717, 1.165) is 23.2 Å². The highest BCUT2D eigenvalue weighted by Crippen LogP contribution is 2.22. The first-order chi connectivity index (χ1) is 13.5. The average Bonchev–Trinajstić information content (AvgIpc) is 2.72. The molecule has 0 saturated carbocycles. The minimum absolute atomic E-state index is 0.0535. The highest BCUT2D eigenvalue weighted by Gasteiger charge is 2.18. The van der Waals surface area contributed by atoms with Crippen LogP contribution in [0, 0.1) is 0 Å². The van der Waals surface area contributed by atoms with Crippen molar-refractivity contribution in [2.75, 3.05) is 27.7 Å². The maximum atomic E-state index is 12.7. The summed E-state index contributed by atoms with van der Waals surface area (Å²) < 4.78 is 5.28. The fourth-order valence-corrected chi connectivity index (χ4v) is 3.38. The van der Waals surface area contributed by atoms with E-state index in [4.69, 9.17) is 4.74 Å². The summed E-state index contributed by atoms with van der Waals surface area (Å²) in [6.07, 6.45) is 0. The molecule has 3 aromatic rings. The molecule has 1 atom stereocenters. The number of methoxy groups -OCH3 is 1. The van der Waals surface area contributed by atoms with E-state index < -0.39 is 0 Å². The van der Waals surface area contributed by atoms with Gasteiger partial charge in [-0.05, 0) is 54.1 Å². The minimum atomic E-state index is 0.0535. The quantitative estimate of drug-likeness (QED) is 0.609. The summed E-state index contributed by atoms with van der Waals surface area (Å²) in [7, 11) is 5.53. The zero-order valence-corrected chi connectivity index (χ0v) is 17.1. The number of rotatable bonds is 7. The zero-order valence-electron chi connectivity index (χ0n) is 17.1. The van der Waals surface area contributed by atoms with Gasteiger partial charge in [0, 0.05) is 13.6 Å². The zero-order chi connectivity index (χ0) is 20.1. The number of ether oxygens (including phenoxy) is 1. The van der Waals surface area contributed by atoms with Crippen LogP contribution in [-0.2, 0) is 11.3 Å². The molecule has 28 heavy (non-hydrogen) atoms. The molecule has 0 heterocycles. The van der Waals surface area contributed by atoms with Gasteiger partial charge in [-0.2, -0.15) is 0 Å². The molecule has 0 aliphatic rings. The Hall–Kier alpha value is -2.85. The standard InChI is InChI=1S/C24H28N2O2/c1-18(20-8-6-5-7-9-20)26(3)24(27)17-25(2)16-19-10-11-22-15-23(28-4)13-12-21(22)14-19/h5-15,18H,16-17H2,1-4H3. The lowest BCUT2D eigenvalue weighted by molar-refractivity contribution is -0.132. The highest BCUT2D eigenvalue weighted by molar-refractivity contribution is 5.84. The predicted molar refractivity (Wildman–Crippen MR) is 114 cm³/mol. The summed E-state index contributed by atoms with van der Waals surface area (Å²) in [5.41, 5.74) is 2.33. The third-order valence-corrected chi connectivity index (χ3v) is 5.23. The first-order valence-corrected chi connectivity index (χ1v) is 9.54. The Balaban J connectivity index is 1.62. The minimum Gasteiger partial charge on any atom is -0.497 e. The first-order valence-electron chi connectivity index (χ1n) is 9.54. The topological polar surface area (TPSA) is 32.8 Å². The molecule has 0 radical (unpaired) electrons. The van der Waals surface area contributed by atoms with Crippen molar-refractivity contribution in [2.45, 2.75) is 19.5 Å². The highest BCUT2D eigenvalue weighted by atomic mass is 16.5. The van der Waals surface area contributed by atoms with Gasteiger partial charge in [0.1, 0.15) is 5.75 Å². The monoisotopic (exact) mass is 376 g/mol. The van der Waals surface area contributed by atoms with Crippen molar-refractivity contribution in [1.29, 1.82) is 0 Å². The molecule has 1 amide bonds. The average molecular weight is 377 g/mol. The van der Waals surface area contributed by atoms with Crippen LogP contribution in [0.1, 0.15) is 24.1 Å². The Kier molecular flexibility index (Phi) is 6.32. The SMILES string of the molecule is COc1ccc2cc(CN(C)CC(=O)N(C)C(C)c3ccccc3)ccc2c1. The second kappa shape index (κ2) is 8.89. The molecule has 3 rings (SSSR count). The van der Waals surface area contributed by atoms with Crippen LogP contribution < -0.4 is 4.74 Å². The number of carbonyl (C=O) groups excluding carboxylic acids is 1. The lowest BCUT2D eigenvalue weighted by Gasteiger charge is -2.27. The summed E-state index contributed by atoms with van der Waals surface area (Å²) in [5, 5.41) is 2.33. The van der Waals surface area contributed by atoms with Crippen LogP contribution in [0.25, 0.3) is 10.8 Å². The number of nitrogens with zero attached hydrogens (tertiary/aromatic N) is 2. The third kappa shape index (κ3) is 4.70. The van der Waals surface area contributed by atoms with Crippen molar-refractivity contribution < 1.29 is 9.53 Å². The van der Waals surface area contributed by atoms with Crippen LogP contribution in [0.2, 0.25) is 0 Å². The maximum Gasteiger partial charge on any atom is 0.236 e. The molecule has 4 heteroatoms. The summed E-state index contributed by atoms with van der Waals surface area (Å²) in [6, 6.07) is 22.6. The van der Waals surface area contributed by atoms with Gasteiger partial charge >= 0.3 is 0 Å². The number of benzene rings is 3. The number of fused-ring (bicyclic) bond motifs is 1. The Morgan fingerprint density at radius 1 is 0.964 bits per heavy atom. The van der Waals surface area contributed by atoms with Gasteiger partial charge in [-0.25, -0.2) is 0 Å². The molecule has 146 valence electrons. The van der Waals surface area contributed by atoms with Gasteiger partial charge in [0.25, 0.3) is 0 Å². The molecule has 4 nitrogen and oxygen atoms in total. The third-order valence-electron chi connectivity index (χ3n) is 5.23. The summed E-state index contributed by atoms with van der Waals surface area (Å²) in [6.45, 7) is 3.17. The summed E-state index contributed by atoms with van der Waals surface area (Å²) in [5.74, 6) is 0.975. The second-order valence-electron chi connectivity index (χ2n) is 7.31. The molecule has 0 N–H and O–H groups in total. The fourth-order valence-electron chi connectivity index (χ4n) is 3.38. The molecule has 0 aliphatic heterocycles. The lowest BCUT2D eigenvalue weighted by atomic mass is 10.1. The largest absolute Gasteiger partial charge is 0.497 e. The Bertz CT molecular complexity index is 940. The maximum absolute atomic E-state index is 12.7. The van der Waals surface area contributed by atoms with Crippen molar-refractivity contribution in [1.82, 2.24) is 9.80 Å². The molecule has 3 aromatic carbocycles. The van der Waals surface area contributed by atoms with Crippen molar-refractivity contribution in [3.05, 3.63) is 77.9 Å². The van der Waals surface area contributed by atoms with Crippen LogP contribution in [0.4, 0.5) is 0 Å². The molecular formula is C24H28N2O2. The van der Waals surface area contributed by atoms with E-state index in [9.17, 15) is 4.79 Å². The van der Waals surface area contributed by atoms with Crippen LogP contribution in [0.5, 0.6) is 5.75 Å². The van der Waals surface area contributed by atoms with E-state index in [0.29, 0.717) is 6.54 Å². The number of likely N-dealkylation sites (N-methyl/N-ethyl adjacent to an activating group) is 2. The van der Waals surface area contributed by atoms with Crippen molar-refractivity contribution in [3.63, 3.8) is 0 Å². The van der Waals surface area contributed by atoms with Gasteiger partial charge < -0.3 is 9.64 Å². The predicted octanol–water partition coefficient (Wildman–Crippen LogP) is 4.50. The number of amides is 1. The summed E-state index contributed by atoms with van der Waals surface area (Å²) in [4.78, 5) is 16.6. The van der Waals surface area contributed by atoms with Gasteiger partial charge in [-0.1, -0.05) is 48.5 Å². The van der Waals surface area contributed by atoms with Crippen molar-refractivity contribution in [3.8, 4) is 5.75 Å². The van der Waals surface area contributed by atoms with Crippen molar-refractivity contribution >= 4 is 16.7 Å². The van der Waals surface area contributed by atoms with E-state index in [1.165, 1.54) is 10.9 Å². The molecular weight excluding hydrogens is 348 g/mol. The molecule has 0 spiro atoms. The Morgan fingerprint density at radius 3 is 2.36 bits per heavy atom. The van der Waals surface area contributed by atoms with Gasteiger partial charge in [-0.15, -0.1) is 0 Å². The van der Waals surface area contributed by atoms with Crippen molar-refractivity contribution in [2.24, 2.45) is 0 Å². The van der Waals surface area contributed by atoms with Crippen LogP contribution in [0.15, 0.2) is 66.7 Å². The van der Waals surface area contributed by atoms with E-state index in [1.54, 1.807) is 7.11 Å². The van der Waals surface area contributed by atoms with Gasteiger partial charge in [0.05, 0.1) is 19.7 Å². The molecule has 0 fully saturated rings. The Morgan fingerprint density at radius 2 is 1.64 bits per heavy atom. The molecule has 0 bridgehead atoms. The molecule has 0 aromatic heterocycles. The van der Waals surface area contributed by atoms with Crippen LogP contribution >= 0.6 is 0 Å². The summed E-state index contributed by atoms with van der Waals surface area (Å²) >= 11 is 0. The number of hydrogen-bond donors (Lipinski definition) is 0. The molecule has 0 aliphatic carbocycles. The molecule has 0 saturated heterocycles. The van der Waals surface area contributed by atoms with E-state index >= 15 is 0 Å². The van der Waals surface area contributed by atoms with Gasteiger partial charge in [0.2, 0.25) is 5.91 Å². The van der Waals surface area contributed by atoms with Gasteiger partial charge in [0.15, 0.2) is 0 Å². The molecule has 1 unspecified atom stereocenters. The van der Waals surface area contributed by atoms with E-state index in [1.807, 2.05) is 49.3 Å². The van der Waals surface area contributed by atoms with Crippen LogP contribution in [0.3, 0.4) is 0 Å². The smallest absolute Gasteiger partial charge is 0.236 e. The number of carbonyl (C=O) groups is 1. The van der Waals surface area contributed by atoms with Crippen LogP contribution in [-0.4, -0.2) is 43.5 Å². The Labute approximate surface area is 167 Å². The second-order valence-corrected chi connectivity index (χ2v) is 7.31. The van der Waals surface area contributed by atoms with E-state index in [2.05, 4.69) is 48.2 Å².